The number of nitrogens with zero attached hydrogens (tertiary/aromatic N) is 2. The van der Waals surface area contributed by atoms with Crippen LogP contribution in [0.15, 0.2) is 0 Å². The lowest BCUT2D eigenvalue weighted by molar-refractivity contribution is -0.130. The van der Waals surface area contributed by atoms with Crippen LogP contribution in [0.4, 0.5) is 0 Å². The fraction of sp³-hybridized carbons (Fsp3) is 1.00. The summed E-state index contributed by atoms with van der Waals surface area (Å²) in [7, 11) is 0. The maximum Gasteiger partial charge on any atom is 0.0649 e. The molecule has 0 aromatic rings. The molecule has 0 aliphatic carbocycles. The first-order chi connectivity index (χ1) is 5.09. The molecule has 0 aromatic carbocycles. The largest absolute Gasteiger partial charge is 0.275 e. The number of fused-ring (bicyclic) bond motifs is 1. The molecule has 0 N–H and O–H groups in total. The molecule has 1 unspecified atom stereocenters. The van der Waals surface area contributed by atoms with E-state index in [4.69, 9.17) is 0 Å². The van der Waals surface area contributed by atoms with E-state index in [-0.39, 0.29) is 0 Å². The molecular weight excluding hydrogens is 136 g/mol. The van der Waals surface area contributed by atoms with E-state index in [1.807, 2.05) is 0 Å². The molecule has 0 bridgehead atoms. The quantitative estimate of drug-likeness (QED) is 0.521. The fourth-order valence-electron chi connectivity index (χ4n) is 2.18. The van der Waals surface area contributed by atoms with Gasteiger partial charge >= 0.3 is 0 Å². The first kappa shape index (κ1) is 7.56. The first-order valence-corrected chi connectivity index (χ1v) is 4.60. The van der Waals surface area contributed by atoms with Crippen LogP contribution in [-0.2, 0) is 0 Å². The van der Waals surface area contributed by atoms with Gasteiger partial charge in [-0.25, -0.2) is 0 Å². The van der Waals surface area contributed by atoms with Crippen molar-refractivity contribution in [3.8, 4) is 0 Å². The average Bonchev–Trinajstić information content (AvgIpc) is 2.08. The monoisotopic (exact) mass is 154 g/mol. The zero-order chi connectivity index (χ0) is 8.06. The minimum atomic E-state index is 0.380. The van der Waals surface area contributed by atoms with Crippen molar-refractivity contribution in [3.63, 3.8) is 0 Å². The molecule has 0 aromatic heterocycles. The molecule has 2 fully saturated rings. The van der Waals surface area contributed by atoms with Crippen molar-refractivity contribution in [3.05, 3.63) is 0 Å². The summed E-state index contributed by atoms with van der Waals surface area (Å²) in [5.74, 6) is 0. The standard InChI is InChI=1S/C9H18N2/c1-9(2,3)11-7-10-6-4-5-8(10)11/h8H,4-7H2,1-3H3. The minimum absolute atomic E-state index is 0.380. The van der Waals surface area contributed by atoms with Gasteiger partial charge in [-0.05, 0) is 33.6 Å². The van der Waals surface area contributed by atoms with Crippen molar-refractivity contribution in [2.75, 3.05) is 13.2 Å². The van der Waals surface area contributed by atoms with Crippen molar-refractivity contribution in [1.29, 1.82) is 0 Å². The van der Waals surface area contributed by atoms with Crippen LogP contribution in [0.25, 0.3) is 0 Å². The molecule has 2 rings (SSSR count). The molecular formula is C9H18N2. The van der Waals surface area contributed by atoms with Crippen molar-refractivity contribution < 1.29 is 0 Å². The van der Waals surface area contributed by atoms with Crippen LogP contribution in [0.3, 0.4) is 0 Å². The third-order valence-corrected chi connectivity index (χ3v) is 2.88. The summed E-state index contributed by atoms with van der Waals surface area (Å²) in [5.41, 5.74) is 0.380. The van der Waals surface area contributed by atoms with Gasteiger partial charge in [-0.15, -0.1) is 0 Å². The summed E-state index contributed by atoms with van der Waals surface area (Å²) < 4.78 is 0. The molecule has 0 amide bonds. The van der Waals surface area contributed by atoms with Crippen LogP contribution in [0.1, 0.15) is 33.6 Å². The molecule has 11 heavy (non-hydrogen) atoms. The van der Waals surface area contributed by atoms with Crippen LogP contribution < -0.4 is 0 Å². The Morgan fingerprint density at radius 2 is 2.00 bits per heavy atom. The molecule has 2 aliphatic rings. The topological polar surface area (TPSA) is 6.48 Å². The van der Waals surface area contributed by atoms with Crippen LogP contribution in [0.5, 0.6) is 0 Å². The van der Waals surface area contributed by atoms with Crippen LogP contribution in [-0.4, -0.2) is 34.7 Å². The Hall–Kier alpha value is -0.0800. The van der Waals surface area contributed by atoms with E-state index in [0.717, 1.165) is 6.17 Å². The Balaban J connectivity index is 2.00. The van der Waals surface area contributed by atoms with Gasteiger partial charge in [-0.2, -0.15) is 0 Å². The highest BCUT2D eigenvalue weighted by molar-refractivity contribution is 4.94. The van der Waals surface area contributed by atoms with E-state index in [1.165, 1.54) is 26.1 Å². The van der Waals surface area contributed by atoms with Gasteiger partial charge in [0.15, 0.2) is 0 Å². The summed E-state index contributed by atoms with van der Waals surface area (Å²) >= 11 is 0. The Morgan fingerprint density at radius 1 is 1.27 bits per heavy atom. The van der Waals surface area contributed by atoms with E-state index in [0.29, 0.717) is 5.54 Å². The van der Waals surface area contributed by atoms with E-state index in [1.54, 1.807) is 0 Å². The van der Waals surface area contributed by atoms with Gasteiger partial charge in [0.2, 0.25) is 0 Å². The zero-order valence-electron chi connectivity index (χ0n) is 7.80. The smallest absolute Gasteiger partial charge is 0.0649 e. The molecule has 0 radical (unpaired) electrons. The van der Waals surface area contributed by atoms with Crippen LogP contribution in [0, 0.1) is 0 Å². The number of rotatable bonds is 0. The van der Waals surface area contributed by atoms with E-state index in [2.05, 4.69) is 30.6 Å². The SMILES string of the molecule is CC(C)(C)N1CN2CCCC21. The molecule has 2 heteroatoms. The maximum atomic E-state index is 2.60. The number of hydrogen-bond acceptors (Lipinski definition) is 2. The van der Waals surface area contributed by atoms with Gasteiger partial charge in [-0.3, -0.25) is 9.80 Å². The predicted octanol–water partition coefficient (Wildman–Crippen LogP) is 1.48. The minimum Gasteiger partial charge on any atom is -0.275 e. The fourth-order valence-corrected chi connectivity index (χ4v) is 2.18. The van der Waals surface area contributed by atoms with Crippen molar-refractivity contribution in [1.82, 2.24) is 9.80 Å². The van der Waals surface area contributed by atoms with E-state index < -0.39 is 0 Å². The molecule has 1 atom stereocenters. The second kappa shape index (κ2) is 2.20. The summed E-state index contributed by atoms with van der Waals surface area (Å²) in [6.07, 6.45) is 3.57. The molecule has 2 saturated heterocycles. The van der Waals surface area contributed by atoms with E-state index >= 15 is 0 Å². The molecule has 64 valence electrons. The van der Waals surface area contributed by atoms with Gasteiger partial charge in [-0.1, -0.05) is 0 Å². The van der Waals surface area contributed by atoms with Gasteiger partial charge in [0, 0.05) is 12.1 Å². The highest BCUT2D eigenvalue weighted by Gasteiger charge is 2.44. The van der Waals surface area contributed by atoms with E-state index in [9.17, 15) is 0 Å². The second-order valence-corrected chi connectivity index (χ2v) is 4.72. The zero-order valence-corrected chi connectivity index (χ0v) is 7.80. The molecule has 2 aliphatic heterocycles. The lowest BCUT2D eigenvalue weighted by Crippen LogP contribution is -2.66. The molecule has 0 saturated carbocycles. The Bertz CT molecular complexity index is 159. The second-order valence-electron chi connectivity index (χ2n) is 4.72. The lowest BCUT2D eigenvalue weighted by Gasteiger charge is -2.54. The molecule has 2 heterocycles. The highest BCUT2D eigenvalue weighted by atomic mass is 15.6. The predicted molar refractivity (Wildman–Crippen MR) is 46.2 cm³/mol. The summed E-state index contributed by atoms with van der Waals surface area (Å²) in [6.45, 7) is 9.46. The Morgan fingerprint density at radius 3 is 2.55 bits per heavy atom. The number of hydrogen-bond donors (Lipinski definition) is 0. The molecule has 2 nitrogen and oxygen atoms in total. The maximum absolute atomic E-state index is 2.60. The van der Waals surface area contributed by atoms with Gasteiger partial charge in [0.25, 0.3) is 0 Å². The first-order valence-electron chi connectivity index (χ1n) is 4.60. The normalized spacial score (nSPS) is 33.5. The average molecular weight is 154 g/mol. The van der Waals surface area contributed by atoms with Gasteiger partial charge < -0.3 is 0 Å². The van der Waals surface area contributed by atoms with Gasteiger partial charge in [0.1, 0.15) is 0 Å². The van der Waals surface area contributed by atoms with Crippen LogP contribution >= 0.6 is 0 Å². The Labute approximate surface area is 69.2 Å². The third kappa shape index (κ3) is 1.09. The Kier molecular flexibility index (Phi) is 1.52. The van der Waals surface area contributed by atoms with Crippen molar-refractivity contribution in [2.45, 2.75) is 45.3 Å². The molecule has 0 spiro atoms. The van der Waals surface area contributed by atoms with Crippen molar-refractivity contribution in [2.24, 2.45) is 0 Å². The third-order valence-electron chi connectivity index (χ3n) is 2.88. The summed E-state index contributed by atoms with van der Waals surface area (Å²) in [4.78, 5) is 5.17. The lowest BCUT2D eigenvalue weighted by atomic mass is 10.0. The van der Waals surface area contributed by atoms with Crippen LogP contribution in [0.2, 0.25) is 0 Å². The van der Waals surface area contributed by atoms with Crippen molar-refractivity contribution >= 4 is 0 Å². The van der Waals surface area contributed by atoms with Gasteiger partial charge in [0.05, 0.1) is 12.8 Å². The summed E-state index contributed by atoms with van der Waals surface area (Å²) in [5, 5.41) is 0. The summed E-state index contributed by atoms with van der Waals surface area (Å²) in [6, 6.07) is 0. The highest BCUT2D eigenvalue weighted by Crippen LogP contribution is 2.34.